The lowest BCUT2D eigenvalue weighted by atomic mass is 9.88. The first-order valence-electron chi connectivity index (χ1n) is 44.1. The van der Waals surface area contributed by atoms with Gasteiger partial charge in [-0.25, -0.2) is 58.1 Å². The highest BCUT2D eigenvalue weighted by Crippen LogP contribution is 2.43. The number of piperazine rings is 1. The minimum absolute atomic E-state index is 0.0423. The number of nitriles is 3. The van der Waals surface area contributed by atoms with Gasteiger partial charge in [0.05, 0.1) is 81.1 Å². The minimum Gasteiger partial charge on any atom is -0.489 e. The molecule has 6 saturated heterocycles. The van der Waals surface area contributed by atoms with Gasteiger partial charge >= 0.3 is 6.18 Å². The van der Waals surface area contributed by atoms with E-state index in [0.717, 1.165) is 137 Å². The maximum atomic E-state index is 12.8. The summed E-state index contributed by atoms with van der Waals surface area (Å²) in [7, 11) is 0. The van der Waals surface area contributed by atoms with Gasteiger partial charge in [0.2, 0.25) is 18.7 Å². The number of hydrogen-bond acceptors (Lipinski definition) is 23. The smallest absolute Gasteiger partial charge is 0.401 e. The number of alkyl halides is 6. The molecule has 1 N–H and O–H groups in total. The summed E-state index contributed by atoms with van der Waals surface area (Å²) in [5, 5.41) is 38.8. The van der Waals surface area contributed by atoms with Gasteiger partial charge in [-0.2, -0.15) is 29.0 Å². The number of benzene rings is 6. The Morgan fingerprint density at radius 3 is 1.21 bits per heavy atom. The third-order valence-corrected chi connectivity index (χ3v) is 25.7. The van der Waals surface area contributed by atoms with Crippen LogP contribution in [0.15, 0.2) is 161 Å². The first-order chi connectivity index (χ1) is 62.8. The van der Waals surface area contributed by atoms with E-state index >= 15 is 0 Å². The molecule has 32 heteroatoms. The molecule has 12 heterocycles. The van der Waals surface area contributed by atoms with E-state index in [9.17, 15) is 56.5 Å². The quantitative estimate of drug-likeness (QED) is 0.0459. The summed E-state index contributed by atoms with van der Waals surface area (Å²) in [4.78, 5) is 88.5. The Morgan fingerprint density at radius 1 is 0.488 bits per heavy atom. The largest absolute Gasteiger partial charge is 0.489 e. The third-order valence-electron chi connectivity index (χ3n) is 25.7. The van der Waals surface area contributed by atoms with Crippen LogP contribution in [0, 0.1) is 34.0 Å². The van der Waals surface area contributed by atoms with Crippen molar-refractivity contribution < 1.29 is 60.0 Å². The van der Waals surface area contributed by atoms with Gasteiger partial charge < -0.3 is 38.9 Å². The van der Waals surface area contributed by atoms with Gasteiger partial charge in [0, 0.05) is 152 Å². The van der Waals surface area contributed by atoms with Crippen molar-refractivity contribution in [2.75, 3.05) is 123 Å². The normalized spacial score (nSPS) is 18.4. The molecule has 0 bridgehead atoms. The predicted octanol–water partition coefficient (Wildman–Crippen LogP) is 14.1. The summed E-state index contributed by atoms with van der Waals surface area (Å²) in [5.41, 5.74) is 19.3. The molecule has 0 aliphatic carbocycles. The number of amides is 3. The summed E-state index contributed by atoms with van der Waals surface area (Å²) in [6.45, 7) is 9.29. The number of halogens is 6. The van der Waals surface area contributed by atoms with Gasteiger partial charge in [0.1, 0.15) is 103 Å². The number of aromatic nitrogens is 6. The van der Waals surface area contributed by atoms with Crippen LogP contribution in [0.5, 0.6) is 17.2 Å². The van der Waals surface area contributed by atoms with E-state index in [4.69, 9.17) is 34.3 Å². The van der Waals surface area contributed by atoms with Crippen LogP contribution in [0.4, 0.5) is 49.1 Å². The Labute approximate surface area is 744 Å². The maximum Gasteiger partial charge on any atom is 0.401 e. The van der Waals surface area contributed by atoms with Crippen LogP contribution in [0.2, 0.25) is 0 Å². The number of aliphatic hydroxyl groups excluding tert-OH is 1. The summed E-state index contributed by atoms with van der Waals surface area (Å²) in [6, 6.07) is 48.4. The zero-order chi connectivity index (χ0) is 89.7. The number of fused-ring (bicyclic) bond motifs is 3. The van der Waals surface area contributed by atoms with Gasteiger partial charge in [-0.05, 0) is 165 Å². The molecule has 26 nitrogen and oxygen atoms in total. The average molecular weight is 1760 g/mol. The number of aliphatic imine (C=N–C) groups is 3. The molecule has 0 spiro atoms. The van der Waals surface area contributed by atoms with E-state index in [0.29, 0.717) is 210 Å². The molecule has 3 amide bonds. The number of aliphatic hydroxyl groups is 1. The molecule has 9 aliphatic rings. The number of likely N-dealkylation sites (tertiary alicyclic amines) is 5. The standard InChI is InChI=1S/C33H36FN7O3.C32H31F3N6O2.C32H32F2N6O2/c1-22-19-41(15-14-39(22)13-10-34)26-5-2-23(3-6-26)28-17-29-33(38-28)32(37-21-36-29)24-4-7-30(25(16-24)18-35)44-27-8-11-40(12-9-27)31(43)20-42;33-32(34,35)18-40-11-7-22(8-12-40)21-1-3-23(4-2-21)27-16-28-31(39-27)30(38-19-37-28)24-5-6-29(25(15-24)17-36)43-26-9-13-41(20-42)14-10-26;33-30(34)18-39-11-7-22(8-12-39)21-1-3-23(4-2-21)27-16-28-32(38-27)31(37-19-36-28)24-5-6-29(25(15-24)17-35)42-26-9-13-40(20-41)14-10-26/h2-7,16,21-22,27,42H,8-15,17,19-20H2,1H3;1-6,15,19-20,22,26H,7-14,16,18H2;1-6,15,19-20,22,26,30H,7-14,16,18H2. The number of anilines is 1. The highest BCUT2D eigenvalue weighted by atomic mass is 19.4. The Kier molecular flexibility index (Phi) is 28.4. The van der Waals surface area contributed by atoms with Crippen molar-refractivity contribution in [1.82, 2.24) is 59.3 Å². The molecule has 3 aromatic heterocycles. The minimum atomic E-state index is -4.16. The predicted molar refractivity (Wildman–Crippen MR) is 474 cm³/mol. The van der Waals surface area contributed by atoms with Crippen LogP contribution in [0.1, 0.15) is 145 Å². The van der Waals surface area contributed by atoms with Crippen LogP contribution in [-0.2, 0) is 33.6 Å². The van der Waals surface area contributed by atoms with E-state index < -0.39 is 25.8 Å². The average Bonchev–Trinajstić information content (AvgIpc) is 1.66. The number of hydrogen-bond donors (Lipinski definition) is 1. The molecule has 666 valence electrons. The molecule has 9 aromatic rings. The lowest BCUT2D eigenvalue weighted by Gasteiger charge is -2.40. The Bertz CT molecular complexity index is 5750. The highest BCUT2D eigenvalue weighted by Gasteiger charge is 2.36. The SMILES string of the molecule is CC1CN(c2ccc(C3=Nc4c(ncnc4-c4ccc(OC5CCN(C(=O)CO)CC5)c(C#N)c4)C3)cc2)CCN1CCF.N#Cc1cc(-c2ncnc3c2N=C(c2ccc(C4CCN(CC(F)(F)F)CC4)cc2)C3)ccc1OC1CCN(C=O)CC1.N#Cc1cc(-c2ncnc3c2N=C(c2ccc(C4CCN(CC(F)F)CC4)cc2)C3)ccc1OC1CCN(C=O)CC1. The van der Waals surface area contributed by atoms with Crippen LogP contribution < -0.4 is 19.1 Å². The second-order valence-electron chi connectivity index (χ2n) is 33.9. The van der Waals surface area contributed by atoms with E-state index in [2.05, 4.69) is 125 Å². The molecule has 6 aromatic carbocycles. The molecule has 1 unspecified atom stereocenters. The fraction of sp³-hybridized carbons (Fsp3) is 0.412. The topological polar surface area (TPSA) is 308 Å². The van der Waals surface area contributed by atoms with Crippen molar-refractivity contribution in [1.29, 1.82) is 15.8 Å². The Morgan fingerprint density at radius 2 is 0.860 bits per heavy atom. The summed E-state index contributed by atoms with van der Waals surface area (Å²) >= 11 is 0. The molecule has 6 fully saturated rings. The number of rotatable bonds is 23. The lowest BCUT2D eigenvalue weighted by molar-refractivity contribution is -0.148. The molecular formula is C97H99F6N19O7. The molecule has 129 heavy (non-hydrogen) atoms. The highest BCUT2D eigenvalue weighted by molar-refractivity contribution is 6.09. The van der Waals surface area contributed by atoms with Crippen molar-refractivity contribution in [2.24, 2.45) is 15.0 Å². The zero-order valence-electron chi connectivity index (χ0n) is 71.6. The number of ether oxygens (including phenoxy) is 3. The summed E-state index contributed by atoms with van der Waals surface area (Å²) < 4.78 is 94.9. The molecule has 0 saturated carbocycles. The summed E-state index contributed by atoms with van der Waals surface area (Å²) in [5.74, 6) is 1.87. The van der Waals surface area contributed by atoms with Crippen molar-refractivity contribution in [3.63, 3.8) is 0 Å². The van der Waals surface area contributed by atoms with Crippen molar-refractivity contribution in [2.45, 2.75) is 139 Å². The molecule has 0 radical (unpaired) electrons. The van der Waals surface area contributed by atoms with Gasteiger partial charge in [-0.15, -0.1) is 0 Å². The fourth-order valence-electron chi connectivity index (χ4n) is 18.5. The van der Waals surface area contributed by atoms with Crippen molar-refractivity contribution in [3.05, 3.63) is 208 Å². The van der Waals surface area contributed by atoms with Gasteiger partial charge in [-0.3, -0.25) is 29.1 Å². The molecule has 9 aliphatic heterocycles. The van der Waals surface area contributed by atoms with E-state index in [1.165, 1.54) is 29.4 Å². The number of carbonyl (C=O) groups is 3. The second kappa shape index (κ2) is 41.0. The number of carbonyl (C=O) groups excluding carboxylic acids is 3. The second-order valence-corrected chi connectivity index (χ2v) is 33.9. The number of nitrogens with zero attached hydrogens (tertiary/aromatic N) is 19. The Balaban J connectivity index is 0.000000142. The lowest BCUT2D eigenvalue weighted by Crippen LogP contribution is -2.52. The Hall–Kier alpha value is -12.9. The van der Waals surface area contributed by atoms with Gasteiger partial charge in [0.15, 0.2) is 0 Å². The zero-order valence-corrected chi connectivity index (χ0v) is 71.6. The van der Waals surface area contributed by atoms with Crippen molar-refractivity contribution in [3.8, 4) is 69.2 Å². The first kappa shape index (κ1) is 89.5. The van der Waals surface area contributed by atoms with Gasteiger partial charge in [-0.1, -0.05) is 60.7 Å². The summed E-state index contributed by atoms with van der Waals surface area (Å²) in [6.07, 6.45) is 8.67. The van der Waals surface area contributed by atoms with Crippen LogP contribution >= 0.6 is 0 Å². The monoisotopic (exact) mass is 1760 g/mol. The fourth-order valence-corrected chi connectivity index (χ4v) is 18.5. The van der Waals surface area contributed by atoms with Crippen LogP contribution in [-0.4, -0.2) is 255 Å². The molecule has 1 atom stereocenters. The maximum absolute atomic E-state index is 12.8. The molecule has 18 rings (SSSR count). The molecular weight excluding hydrogens is 1660 g/mol. The van der Waals surface area contributed by atoms with Crippen molar-refractivity contribution >= 4 is 58.6 Å². The van der Waals surface area contributed by atoms with E-state index in [1.54, 1.807) is 45.0 Å². The van der Waals surface area contributed by atoms with Crippen LogP contribution in [0.25, 0.3) is 33.8 Å². The third kappa shape index (κ3) is 21.6. The first-order valence-corrected chi connectivity index (χ1v) is 44.1. The number of piperidine rings is 5. The van der Waals surface area contributed by atoms with E-state index in [-0.39, 0.29) is 43.4 Å². The van der Waals surface area contributed by atoms with E-state index in [1.807, 2.05) is 41.3 Å². The van der Waals surface area contributed by atoms with Gasteiger partial charge in [0.25, 0.3) is 6.43 Å². The van der Waals surface area contributed by atoms with Crippen LogP contribution in [0.3, 0.4) is 0 Å².